The summed E-state index contributed by atoms with van der Waals surface area (Å²) >= 11 is 1.61. The molecule has 6 nitrogen and oxygen atoms in total. The second-order valence-electron chi connectivity index (χ2n) is 8.40. The van der Waals surface area contributed by atoms with E-state index < -0.39 is 0 Å². The Kier molecular flexibility index (Phi) is 5.04. The van der Waals surface area contributed by atoms with Gasteiger partial charge in [-0.15, -0.1) is 10.2 Å². The Morgan fingerprint density at radius 2 is 1.89 bits per heavy atom. The van der Waals surface area contributed by atoms with Gasteiger partial charge in [0.15, 0.2) is 16.8 Å². The summed E-state index contributed by atoms with van der Waals surface area (Å²) < 4.78 is 7.61. The van der Waals surface area contributed by atoms with Crippen molar-refractivity contribution in [2.24, 2.45) is 0 Å². The molecule has 28 heavy (non-hydrogen) atoms. The first-order valence-electron chi connectivity index (χ1n) is 9.91. The van der Waals surface area contributed by atoms with Gasteiger partial charge < -0.3 is 9.09 Å². The normalized spacial score (nSPS) is 15.8. The van der Waals surface area contributed by atoms with Crippen molar-refractivity contribution in [1.82, 2.24) is 24.9 Å². The highest BCUT2D eigenvalue weighted by Crippen LogP contribution is 2.40. The summed E-state index contributed by atoms with van der Waals surface area (Å²) in [5.41, 5.74) is 2.53. The molecule has 1 aliphatic carbocycles. The number of nitrogens with zero attached hydrogens (tertiary/aromatic N) is 5. The van der Waals surface area contributed by atoms with Crippen LogP contribution in [0.3, 0.4) is 0 Å². The fraction of sp³-hybridized carbons (Fsp3) is 0.524. The van der Waals surface area contributed by atoms with E-state index in [-0.39, 0.29) is 10.7 Å². The summed E-state index contributed by atoms with van der Waals surface area (Å²) in [5, 5.41) is 13.9. The van der Waals surface area contributed by atoms with Crippen molar-refractivity contribution in [2.75, 3.05) is 0 Å². The number of aromatic nitrogens is 5. The maximum absolute atomic E-state index is 5.47. The van der Waals surface area contributed by atoms with Gasteiger partial charge in [0, 0.05) is 18.0 Å². The fourth-order valence-corrected chi connectivity index (χ4v) is 4.07. The lowest BCUT2D eigenvalue weighted by Crippen LogP contribution is -2.10. The minimum Gasteiger partial charge on any atom is -0.338 e. The predicted molar refractivity (Wildman–Crippen MR) is 110 cm³/mol. The molecule has 7 heteroatoms. The largest absolute Gasteiger partial charge is 0.338 e. The van der Waals surface area contributed by atoms with Crippen molar-refractivity contribution in [3.05, 3.63) is 41.5 Å². The standard InChI is InChI=1S/C21H27N5OS/c1-6-26-18(15-9-11-16(12-10-15)21(3,4)5)23-24-20(26)28-13(2)19-22-17(25-27-19)14-7-8-14/h9-14H,6-8H2,1-5H3. The van der Waals surface area contributed by atoms with E-state index in [0.29, 0.717) is 11.8 Å². The lowest BCUT2D eigenvalue weighted by Gasteiger charge is -2.19. The molecule has 0 saturated heterocycles. The molecule has 0 aliphatic heterocycles. The molecule has 1 aromatic carbocycles. The van der Waals surface area contributed by atoms with E-state index in [0.717, 1.165) is 28.9 Å². The Hall–Kier alpha value is -2.15. The highest BCUT2D eigenvalue weighted by Gasteiger charge is 2.30. The van der Waals surface area contributed by atoms with E-state index in [1.54, 1.807) is 11.8 Å². The van der Waals surface area contributed by atoms with Crippen LogP contribution in [0.1, 0.15) is 75.9 Å². The van der Waals surface area contributed by atoms with Gasteiger partial charge in [-0.05, 0) is 37.7 Å². The smallest absolute Gasteiger partial charge is 0.239 e. The van der Waals surface area contributed by atoms with Crippen molar-refractivity contribution < 1.29 is 4.52 Å². The van der Waals surface area contributed by atoms with Crippen molar-refractivity contribution >= 4 is 11.8 Å². The first kappa shape index (κ1) is 19.2. The zero-order valence-electron chi connectivity index (χ0n) is 17.1. The molecule has 1 aliphatic rings. The Morgan fingerprint density at radius 1 is 1.18 bits per heavy atom. The summed E-state index contributed by atoms with van der Waals surface area (Å²) in [6.45, 7) is 11.6. The number of thioether (sulfide) groups is 1. The summed E-state index contributed by atoms with van der Waals surface area (Å²) in [5.74, 6) is 2.89. The third-order valence-corrected chi connectivity index (χ3v) is 6.14. The maximum Gasteiger partial charge on any atom is 0.239 e. The average molecular weight is 398 g/mol. The second-order valence-corrected chi connectivity index (χ2v) is 9.71. The van der Waals surface area contributed by atoms with Crippen LogP contribution in [0.5, 0.6) is 0 Å². The summed E-state index contributed by atoms with van der Waals surface area (Å²) in [6.07, 6.45) is 2.34. The second kappa shape index (κ2) is 7.35. The zero-order valence-corrected chi connectivity index (χ0v) is 18.0. The molecule has 1 atom stereocenters. The molecular weight excluding hydrogens is 370 g/mol. The molecule has 1 fully saturated rings. The zero-order chi connectivity index (χ0) is 19.9. The third kappa shape index (κ3) is 3.85. The van der Waals surface area contributed by atoms with E-state index in [9.17, 15) is 0 Å². The highest BCUT2D eigenvalue weighted by molar-refractivity contribution is 7.99. The number of hydrogen-bond donors (Lipinski definition) is 0. The monoisotopic (exact) mass is 397 g/mol. The molecule has 4 rings (SSSR count). The van der Waals surface area contributed by atoms with Gasteiger partial charge in [0.2, 0.25) is 5.89 Å². The summed E-state index contributed by atoms with van der Waals surface area (Å²) in [4.78, 5) is 4.57. The number of hydrogen-bond acceptors (Lipinski definition) is 6. The minimum atomic E-state index is 0.0330. The summed E-state index contributed by atoms with van der Waals surface area (Å²) in [7, 11) is 0. The quantitative estimate of drug-likeness (QED) is 0.520. The van der Waals surface area contributed by atoms with Gasteiger partial charge in [0.05, 0.1) is 5.25 Å². The maximum atomic E-state index is 5.47. The molecule has 0 amide bonds. The van der Waals surface area contributed by atoms with E-state index in [4.69, 9.17) is 4.52 Å². The Bertz CT molecular complexity index is 950. The SMILES string of the molecule is CCn1c(SC(C)c2nc(C3CC3)no2)nnc1-c1ccc(C(C)(C)C)cc1. The van der Waals surface area contributed by atoms with Gasteiger partial charge in [-0.3, -0.25) is 0 Å². The van der Waals surface area contributed by atoms with Crippen LogP contribution in [0, 0.1) is 0 Å². The van der Waals surface area contributed by atoms with Crippen LogP contribution in [0.4, 0.5) is 0 Å². The number of benzene rings is 1. The molecule has 2 heterocycles. The van der Waals surface area contributed by atoms with E-state index >= 15 is 0 Å². The van der Waals surface area contributed by atoms with Gasteiger partial charge in [0.1, 0.15) is 0 Å². The van der Waals surface area contributed by atoms with Crippen molar-refractivity contribution in [3.63, 3.8) is 0 Å². The first-order chi connectivity index (χ1) is 13.4. The van der Waals surface area contributed by atoms with E-state index in [1.165, 1.54) is 18.4 Å². The molecule has 0 N–H and O–H groups in total. The van der Waals surface area contributed by atoms with Gasteiger partial charge in [-0.1, -0.05) is 62.0 Å². The molecule has 3 aromatic rings. The van der Waals surface area contributed by atoms with Crippen LogP contribution >= 0.6 is 11.8 Å². The van der Waals surface area contributed by atoms with Crippen LogP contribution in [-0.4, -0.2) is 24.9 Å². The molecule has 1 saturated carbocycles. The Balaban J connectivity index is 1.55. The van der Waals surface area contributed by atoms with Crippen LogP contribution < -0.4 is 0 Å². The van der Waals surface area contributed by atoms with Crippen LogP contribution in [-0.2, 0) is 12.0 Å². The molecule has 1 unspecified atom stereocenters. The fourth-order valence-electron chi connectivity index (χ4n) is 3.12. The van der Waals surface area contributed by atoms with Gasteiger partial charge >= 0.3 is 0 Å². The van der Waals surface area contributed by atoms with Crippen LogP contribution in [0.15, 0.2) is 33.9 Å². The van der Waals surface area contributed by atoms with E-state index in [1.807, 2.05) is 0 Å². The molecule has 0 spiro atoms. The van der Waals surface area contributed by atoms with Crippen molar-refractivity contribution in [2.45, 2.75) is 75.7 Å². The molecular formula is C21H27N5OS. The van der Waals surface area contributed by atoms with Crippen molar-refractivity contribution in [1.29, 1.82) is 0 Å². The van der Waals surface area contributed by atoms with E-state index in [2.05, 4.69) is 83.8 Å². The summed E-state index contributed by atoms with van der Waals surface area (Å²) in [6, 6.07) is 8.62. The Morgan fingerprint density at radius 3 is 2.50 bits per heavy atom. The average Bonchev–Trinajstić information content (AvgIpc) is 3.25. The van der Waals surface area contributed by atoms with Gasteiger partial charge in [-0.2, -0.15) is 4.98 Å². The van der Waals surface area contributed by atoms with Gasteiger partial charge in [0.25, 0.3) is 0 Å². The topological polar surface area (TPSA) is 69.6 Å². The minimum absolute atomic E-state index is 0.0330. The molecule has 0 bridgehead atoms. The molecule has 148 valence electrons. The predicted octanol–water partition coefficient (Wildman–Crippen LogP) is 5.38. The highest BCUT2D eigenvalue weighted by atomic mass is 32.2. The third-order valence-electron chi connectivity index (χ3n) is 5.07. The molecule has 2 aromatic heterocycles. The Labute approximate surface area is 170 Å². The lowest BCUT2D eigenvalue weighted by atomic mass is 9.87. The van der Waals surface area contributed by atoms with Crippen LogP contribution in [0.2, 0.25) is 0 Å². The van der Waals surface area contributed by atoms with Crippen LogP contribution in [0.25, 0.3) is 11.4 Å². The number of rotatable bonds is 6. The van der Waals surface area contributed by atoms with Crippen molar-refractivity contribution in [3.8, 4) is 11.4 Å². The lowest BCUT2D eigenvalue weighted by molar-refractivity contribution is 0.374. The first-order valence-corrected chi connectivity index (χ1v) is 10.8. The van der Waals surface area contributed by atoms with Gasteiger partial charge in [-0.25, -0.2) is 0 Å². The molecule has 0 radical (unpaired) electrons.